The normalized spacial score (nSPS) is 11.5. The summed E-state index contributed by atoms with van der Waals surface area (Å²) in [7, 11) is 0. The third kappa shape index (κ3) is 5.15. The van der Waals surface area contributed by atoms with Gasteiger partial charge in [0.15, 0.2) is 5.78 Å². The molecule has 0 spiro atoms. The Balaban J connectivity index is 1.45. The monoisotopic (exact) mass is 435 g/mol. The molecule has 0 saturated heterocycles. The lowest BCUT2D eigenvalue weighted by Gasteiger charge is -2.06. The zero-order valence-corrected chi connectivity index (χ0v) is 18.4. The molecule has 1 aromatic heterocycles. The molecule has 4 rings (SSSR count). The number of rotatable bonds is 8. The number of ketones is 1. The van der Waals surface area contributed by atoms with Crippen LogP contribution in [0.4, 0.5) is 0 Å². The van der Waals surface area contributed by atoms with Crippen LogP contribution in [0.25, 0.3) is 22.7 Å². The number of nitrogens with zero attached hydrogens (tertiary/aromatic N) is 2. The van der Waals surface area contributed by atoms with Gasteiger partial charge in [-0.05, 0) is 54.8 Å². The number of hydrogen-bond donors (Lipinski definition) is 1. The van der Waals surface area contributed by atoms with E-state index in [1.54, 1.807) is 18.2 Å². The highest BCUT2D eigenvalue weighted by Crippen LogP contribution is 2.18. The molecule has 164 valence electrons. The van der Waals surface area contributed by atoms with Crippen molar-refractivity contribution in [2.75, 3.05) is 0 Å². The zero-order valence-electron chi connectivity index (χ0n) is 18.4. The van der Waals surface area contributed by atoms with Gasteiger partial charge in [-0.2, -0.15) is 5.10 Å². The first-order valence-electron chi connectivity index (χ1n) is 10.8. The third-order valence-corrected chi connectivity index (χ3v) is 5.40. The molecule has 1 amide bonds. The van der Waals surface area contributed by atoms with Crippen LogP contribution in [0.5, 0.6) is 0 Å². The molecule has 3 aromatic carbocycles. The molecule has 0 aliphatic carbocycles. The lowest BCUT2D eigenvalue weighted by atomic mass is 9.98. The van der Waals surface area contributed by atoms with Crippen molar-refractivity contribution >= 4 is 28.7 Å². The van der Waals surface area contributed by atoms with E-state index in [0.29, 0.717) is 17.5 Å². The highest BCUT2D eigenvalue weighted by molar-refractivity contribution is 6.03. The van der Waals surface area contributed by atoms with Gasteiger partial charge in [0.1, 0.15) is 0 Å². The van der Waals surface area contributed by atoms with Crippen molar-refractivity contribution in [3.63, 3.8) is 0 Å². The van der Waals surface area contributed by atoms with E-state index < -0.39 is 5.91 Å². The van der Waals surface area contributed by atoms with E-state index in [1.165, 1.54) is 0 Å². The Labute approximate surface area is 192 Å². The molecule has 0 bridgehead atoms. The average molecular weight is 436 g/mol. The number of fused-ring (bicyclic) bond motifs is 1. The van der Waals surface area contributed by atoms with Crippen LogP contribution in [0.2, 0.25) is 0 Å². The maximum Gasteiger partial charge on any atom is 0.248 e. The Kier molecular flexibility index (Phi) is 6.60. The number of allylic oxidation sites excluding steroid dienone is 3. The van der Waals surface area contributed by atoms with Crippen LogP contribution in [0.1, 0.15) is 45.2 Å². The average Bonchev–Trinajstić information content (AvgIpc) is 3.27. The summed E-state index contributed by atoms with van der Waals surface area (Å²) in [6.45, 7) is 1.89. The van der Waals surface area contributed by atoms with Gasteiger partial charge in [0.05, 0.1) is 11.2 Å². The van der Waals surface area contributed by atoms with Crippen molar-refractivity contribution in [3.8, 4) is 5.69 Å². The predicted octanol–water partition coefficient (Wildman–Crippen LogP) is 5.53. The SMILES string of the molecule is C/C=C\c1ccc(C(N)=O)cc1C(=O)C/C=C/Cc1cccc(-n2cc3ccccc3n2)c1. The number of carbonyl (C=O) groups is 2. The van der Waals surface area contributed by atoms with E-state index in [0.717, 1.165) is 27.7 Å². The van der Waals surface area contributed by atoms with E-state index in [-0.39, 0.29) is 12.2 Å². The summed E-state index contributed by atoms with van der Waals surface area (Å²) in [5.74, 6) is -0.601. The summed E-state index contributed by atoms with van der Waals surface area (Å²) >= 11 is 0. The maximum atomic E-state index is 12.8. The van der Waals surface area contributed by atoms with Crippen molar-refractivity contribution in [2.24, 2.45) is 5.73 Å². The molecule has 2 N–H and O–H groups in total. The van der Waals surface area contributed by atoms with Gasteiger partial charge >= 0.3 is 0 Å². The quantitative estimate of drug-likeness (QED) is 0.292. The fourth-order valence-electron chi connectivity index (χ4n) is 3.72. The number of aromatic nitrogens is 2. The zero-order chi connectivity index (χ0) is 23.2. The van der Waals surface area contributed by atoms with Gasteiger partial charge in [0.25, 0.3) is 0 Å². The fourth-order valence-corrected chi connectivity index (χ4v) is 3.72. The number of primary amides is 1. The van der Waals surface area contributed by atoms with Crippen LogP contribution < -0.4 is 5.73 Å². The minimum atomic E-state index is -0.545. The molecule has 4 aromatic rings. The Morgan fingerprint density at radius 2 is 1.85 bits per heavy atom. The molecular formula is C28H25N3O2. The molecule has 1 heterocycles. The van der Waals surface area contributed by atoms with E-state index in [2.05, 4.69) is 17.2 Å². The second-order valence-electron chi connectivity index (χ2n) is 7.77. The number of Topliss-reactive ketones (excluding diaryl/α,β-unsaturated/α-hetero) is 1. The lowest BCUT2D eigenvalue weighted by Crippen LogP contribution is -2.12. The first-order valence-corrected chi connectivity index (χ1v) is 10.8. The van der Waals surface area contributed by atoms with Gasteiger partial charge in [0, 0.05) is 29.1 Å². The van der Waals surface area contributed by atoms with Gasteiger partial charge in [-0.3, -0.25) is 9.59 Å². The molecule has 5 nitrogen and oxygen atoms in total. The van der Waals surface area contributed by atoms with E-state index in [9.17, 15) is 9.59 Å². The molecule has 33 heavy (non-hydrogen) atoms. The second kappa shape index (κ2) is 9.92. The number of nitrogens with two attached hydrogens (primary N) is 1. The summed E-state index contributed by atoms with van der Waals surface area (Å²) in [5, 5.41) is 5.73. The number of carbonyl (C=O) groups excluding carboxylic acids is 2. The van der Waals surface area contributed by atoms with Gasteiger partial charge in [-0.1, -0.05) is 60.7 Å². The summed E-state index contributed by atoms with van der Waals surface area (Å²) < 4.78 is 1.88. The molecule has 0 fully saturated rings. The van der Waals surface area contributed by atoms with E-state index in [4.69, 9.17) is 5.73 Å². The molecule has 0 atom stereocenters. The molecular weight excluding hydrogens is 410 g/mol. The third-order valence-electron chi connectivity index (χ3n) is 5.40. The lowest BCUT2D eigenvalue weighted by molar-refractivity contribution is 0.0995. The van der Waals surface area contributed by atoms with Crippen LogP contribution in [-0.4, -0.2) is 21.5 Å². The molecule has 0 saturated carbocycles. The predicted molar refractivity (Wildman–Crippen MR) is 133 cm³/mol. The molecule has 0 aliphatic heterocycles. The Bertz CT molecular complexity index is 1350. The van der Waals surface area contributed by atoms with Crippen molar-refractivity contribution in [2.45, 2.75) is 19.8 Å². The first kappa shape index (κ1) is 22.0. The second-order valence-corrected chi connectivity index (χ2v) is 7.77. The summed E-state index contributed by atoms with van der Waals surface area (Å²) in [6, 6.07) is 21.2. The van der Waals surface area contributed by atoms with Gasteiger partial charge in [0.2, 0.25) is 5.91 Å². The smallest absolute Gasteiger partial charge is 0.248 e. The van der Waals surface area contributed by atoms with Crippen LogP contribution >= 0.6 is 0 Å². The van der Waals surface area contributed by atoms with Crippen molar-refractivity contribution < 1.29 is 9.59 Å². The standard InChI is InChI=1S/C28H25N3O2/c1-2-8-21-15-16-22(28(29)33)18-25(21)27(32)14-6-3-9-20-10-7-12-24(17-20)31-19-23-11-4-5-13-26(23)30-31/h2-8,10-13,15-19H,9,14H2,1H3,(H2,29,33)/b6-3+,8-2-. The van der Waals surface area contributed by atoms with Gasteiger partial charge < -0.3 is 5.73 Å². The molecule has 0 radical (unpaired) electrons. The van der Waals surface area contributed by atoms with Gasteiger partial charge in [-0.15, -0.1) is 0 Å². The maximum absolute atomic E-state index is 12.8. The minimum absolute atomic E-state index is 0.0561. The highest BCUT2D eigenvalue weighted by atomic mass is 16.1. The minimum Gasteiger partial charge on any atom is -0.366 e. The van der Waals surface area contributed by atoms with Crippen molar-refractivity contribution in [1.82, 2.24) is 9.78 Å². The van der Waals surface area contributed by atoms with Crippen molar-refractivity contribution in [3.05, 3.63) is 113 Å². The number of benzene rings is 3. The summed E-state index contributed by atoms with van der Waals surface area (Å²) in [5.41, 5.74) is 10.1. The van der Waals surface area contributed by atoms with Crippen molar-refractivity contribution in [1.29, 1.82) is 0 Å². The number of amides is 1. The Morgan fingerprint density at radius 3 is 2.64 bits per heavy atom. The Morgan fingerprint density at radius 1 is 1.00 bits per heavy atom. The fraction of sp³-hybridized carbons (Fsp3) is 0.107. The molecule has 5 heteroatoms. The topological polar surface area (TPSA) is 78.0 Å². The van der Waals surface area contributed by atoms with E-state index >= 15 is 0 Å². The van der Waals surface area contributed by atoms with E-state index in [1.807, 2.05) is 78.5 Å². The summed E-state index contributed by atoms with van der Waals surface area (Å²) in [4.78, 5) is 24.3. The van der Waals surface area contributed by atoms with Crippen LogP contribution in [0.3, 0.4) is 0 Å². The highest BCUT2D eigenvalue weighted by Gasteiger charge is 2.12. The first-order chi connectivity index (χ1) is 16.0. The summed E-state index contributed by atoms with van der Waals surface area (Å²) in [6.07, 6.45) is 10.5. The Hall–Kier alpha value is -4.25. The van der Waals surface area contributed by atoms with Crippen LogP contribution in [0.15, 0.2) is 91.2 Å². The number of hydrogen-bond acceptors (Lipinski definition) is 3. The molecule has 0 aliphatic rings. The largest absolute Gasteiger partial charge is 0.366 e. The van der Waals surface area contributed by atoms with Crippen LogP contribution in [-0.2, 0) is 6.42 Å². The van der Waals surface area contributed by atoms with Gasteiger partial charge in [-0.25, -0.2) is 4.68 Å². The van der Waals surface area contributed by atoms with Crippen LogP contribution in [0, 0.1) is 0 Å². The molecule has 0 unspecified atom stereocenters.